The average Bonchev–Trinajstić information content (AvgIpc) is 2.95. The quantitative estimate of drug-likeness (QED) is 0.615. The number of rotatable bonds is 6. The highest BCUT2D eigenvalue weighted by Crippen LogP contribution is 2.33. The van der Waals surface area contributed by atoms with Crippen LogP contribution in [0.2, 0.25) is 5.02 Å². The Morgan fingerprint density at radius 1 is 1.30 bits per heavy atom. The van der Waals surface area contributed by atoms with Crippen molar-refractivity contribution in [3.8, 4) is 0 Å². The van der Waals surface area contributed by atoms with Gasteiger partial charge in [-0.05, 0) is 32.4 Å². The van der Waals surface area contributed by atoms with Gasteiger partial charge < -0.3 is 19.9 Å². The third-order valence-corrected chi connectivity index (χ3v) is 5.92. The molecule has 1 saturated heterocycles. The van der Waals surface area contributed by atoms with E-state index >= 15 is 0 Å². The summed E-state index contributed by atoms with van der Waals surface area (Å²) in [4.78, 5) is 10.5. The van der Waals surface area contributed by atoms with Gasteiger partial charge in [0, 0.05) is 38.5 Å². The number of piperazine rings is 1. The molecule has 9 heteroatoms. The first kappa shape index (κ1) is 24.7. The lowest BCUT2D eigenvalue weighted by molar-refractivity contribution is 0.0162. The van der Waals surface area contributed by atoms with Crippen molar-refractivity contribution in [2.45, 2.75) is 43.2 Å². The van der Waals surface area contributed by atoms with Crippen LogP contribution >= 0.6 is 48.2 Å². The number of aromatic amines is 1. The Balaban J connectivity index is 0.00000182. The summed E-state index contributed by atoms with van der Waals surface area (Å²) in [5, 5.41) is 5.49. The molecular formula is C18H29Cl3N4OS. The SMILES string of the molecule is COC(C)(C)CC(C)Sc1nc2cc(N3CCNCC3)c(Cl)cc2[nH]1.Cl.Cl. The highest BCUT2D eigenvalue weighted by atomic mass is 35.5. The second kappa shape index (κ2) is 10.4. The van der Waals surface area contributed by atoms with Crippen LogP contribution < -0.4 is 10.2 Å². The molecule has 0 spiro atoms. The first-order chi connectivity index (χ1) is 11.9. The highest BCUT2D eigenvalue weighted by molar-refractivity contribution is 7.99. The van der Waals surface area contributed by atoms with Gasteiger partial charge in [-0.3, -0.25) is 0 Å². The molecule has 2 N–H and O–H groups in total. The molecular weight excluding hydrogens is 427 g/mol. The summed E-state index contributed by atoms with van der Waals surface area (Å²) in [5.74, 6) is 0. The number of imidazole rings is 1. The maximum Gasteiger partial charge on any atom is 0.166 e. The predicted molar refractivity (Wildman–Crippen MR) is 122 cm³/mol. The number of hydrogen-bond acceptors (Lipinski definition) is 5. The largest absolute Gasteiger partial charge is 0.379 e. The Bertz CT molecular complexity index is 735. The lowest BCUT2D eigenvalue weighted by atomic mass is 10.0. The summed E-state index contributed by atoms with van der Waals surface area (Å²) in [6.07, 6.45) is 0.956. The van der Waals surface area contributed by atoms with Crippen molar-refractivity contribution < 1.29 is 4.74 Å². The van der Waals surface area contributed by atoms with Crippen LogP contribution in [0, 0.1) is 0 Å². The molecule has 0 bridgehead atoms. The highest BCUT2D eigenvalue weighted by Gasteiger charge is 2.22. The zero-order valence-electron chi connectivity index (χ0n) is 16.2. The van der Waals surface area contributed by atoms with Crippen molar-refractivity contribution in [3.05, 3.63) is 17.2 Å². The molecule has 1 aromatic heterocycles. The molecule has 27 heavy (non-hydrogen) atoms. The lowest BCUT2D eigenvalue weighted by Crippen LogP contribution is -2.43. The third-order valence-electron chi connectivity index (χ3n) is 4.63. The number of thioether (sulfide) groups is 1. The van der Waals surface area contributed by atoms with Crippen LogP contribution in [0.1, 0.15) is 27.2 Å². The standard InChI is InChI=1S/C18H27ClN4OS.2ClH/c1-12(11-18(2,3)24-4)25-17-21-14-9-13(19)16(10-15(14)22-17)23-7-5-20-6-8-23;;/h9-10,12,20H,5-8,11H2,1-4H3,(H,21,22);2*1H. The summed E-state index contributed by atoms with van der Waals surface area (Å²) >= 11 is 8.27. The van der Waals surface area contributed by atoms with E-state index in [4.69, 9.17) is 21.3 Å². The number of nitrogens with one attached hydrogen (secondary N) is 2. The van der Waals surface area contributed by atoms with Crippen LogP contribution in [0.3, 0.4) is 0 Å². The normalized spacial score (nSPS) is 16.0. The number of benzene rings is 1. The van der Waals surface area contributed by atoms with E-state index in [9.17, 15) is 0 Å². The predicted octanol–water partition coefficient (Wildman–Crippen LogP) is 4.77. The summed E-state index contributed by atoms with van der Waals surface area (Å²) in [6, 6.07) is 4.10. The zero-order valence-corrected chi connectivity index (χ0v) is 19.4. The second-order valence-corrected chi connectivity index (χ2v) is 9.03. The van der Waals surface area contributed by atoms with E-state index in [2.05, 4.69) is 42.0 Å². The number of fused-ring (bicyclic) bond motifs is 1. The Morgan fingerprint density at radius 2 is 1.96 bits per heavy atom. The van der Waals surface area contributed by atoms with Crippen molar-refractivity contribution in [3.63, 3.8) is 0 Å². The van der Waals surface area contributed by atoms with Gasteiger partial charge in [0.25, 0.3) is 0 Å². The number of hydrogen-bond donors (Lipinski definition) is 2. The van der Waals surface area contributed by atoms with Crippen molar-refractivity contribution in [1.29, 1.82) is 0 Å². The van der Waals surface area contributed by atoms with E-state index in [0.29, 0.717) is 5.25 Å². The summed E-state index contributed by atoms with van der Waals surface area (Å²) < 4.78 is 5.53. The zero-order chi connectivity index (χ0) is 18.0. The van der Waals surface area contributed by atoms with Crippen molar-refractivity contribution in [1.82, 2.24) is 15.3 Å². The fourth-order valence-electron chi connectivity index (χ4n) is 3.21. The molecule has 1 aromatic carbocycles. The fourth-order valence-corrected chi connectivity index (χ4v) is 4.68. The first-order valence-corrected chi connectivity index (χ1v) is 10.0. The van der Waals surface area contributed by atoms with Gasteiger partial charge in [-0.15, -0.1) is 24.8 Å². The van der Waals surface area contributed by atoms with Crippen LogP contribution in [0.4, 0.5) is 5.69 Å². The summed E-state index contributed by atoms with van der Waals surface area (Å²) in [5.41, 5.74) is 2.91. The minimum atomic E-state index is -0.128. The maximum atomic E-state index is 6.52. The van der Waals surface area contributed by atoms with E-state index < -0.39 is 0 Å². The Kier molecular flexibility index (Phi) is 9.52. The fraction of sp³-hybridized carbons (Fsp3) is 0.611. The van der Waals surface area contributed by atoms with Gasteiger partial charge in [-0.1, -0.05) is 30.3 Å². The van der Waals surface area contributed by atoms with Crippen LogP contribution in [0.5, 0.6) is 0 Å². The van der Waals surface area contributed by atoms with Gasteiger partial charge in [-0.2, -0.15) is 0 Å². The molecule has 1 atom stereocenters. The topological polar surface area (TPSA) is 53.2 Å². The lowest BCUT2D eigenvalue weighted by Gasteiger charge is -2.30. The summed E-state index contributed by atoms with van der Waals surface area (Å²) in [7, 11) is 1.76. The number of nitrogens with zero attached hydrogens (tertiary/aromatic N) is 2. The Labute approximate surface area is 183 Å². The molecule has 1 fully saturated rings. The second-order valence-electron chi connectivity index (χ2n) is 7.20. The average molecular weight is 456 g/mol. The molecule has 2 aromatic rings. The van der Waals surface area contributed by atoms with Crippen LogP contribution in [-0.4, -0.2) is 54.1 Å². The van der Waals surface area contributed by atoms with Gasteiger partial charge in [0.05, 0.1) is 27.3 Å². The van der Waals surface area contributed by atoms with Crippen LogP contribution in [0.25, 0.3) is 11.0 Å². The number of halogens is 3. The van der Waals surface area contributed by atoms with E-state index in [1.165, 1.54) is 0 Å². The molecule has 1 unspecified atom stereocenters. The first-order valence-electron chi connectivity index (χ1n) is 8.75. The van der Waals surface area contributed by atoms with Crippen molar-refractivity contribution >= 4 is 64.9 Å². The third kappa shape index (κ3) is 6.31. The monoisotopic (exact) mass is 454 g/mol. The summed E-state index contributed by atoms with van der Waals surface area (Å²) in [6.45, 7) is 10.4. The molecule has 1 aliphatic rings. The van der Waals surface area contributed by atoms with Gasteiger partial charge >= 0.3 is 0 Å². The van der Waals surface area contributed by atoms with Gasteiger partial charge in [0.1, 0.15) is 0 Å². The van der Waals surface area contributed by atoms with Crippen LogP contribution in [0.15, 0.2) is 17.3 Å². The Morgan fingerprint density at radius 3 is 2.59 bits per heavy atom. The number of H-pyrrole nitrogens is 1. The number of methoxy groups -OCH3 is 1. The van der Waals surface area contributed by atoms with Gasteiger partial charge in [0.15, 0.2) is 5.16 Å². The minimum Gasteiger partial charge on any atom is -0.379 e. The number of ether oxygens (including phenoxy) is 1. The molecule has 0 aliphatic carbocycles. The van der Waals surface area contributed by atoms with Gasteiger partial charge in [-0.25, -0.2) is 4.98 Å². The number of aromatic nitrogens is 2. The minimum absolute atomic E-state index is 0. The molecule has 0 amide bonds. The smallest absolute Gasteiger partial charge is 0.166 e. The van der Waals surface area contributed by atoms with Crippen LogP contribution in [-0.2, 0) is 4.74 Å². The molecule has 0 saturated carbocycles. The van der Waals surface area contributed by atoms with Gasteiger partial charge in [0.2, 0.25) is 0 Å². The number of anilines is 1. The maximum absolute atomic E-state index is 6.52. The van der Waals surface area contributed by atoms with E-state index in [1.54, 1.807) is 18.9 Å². The van der Waals surface area contributed by atoms with Crippen molar-refractivity contribution in [2.75, 3.05) is 38.2 Å². The Hall–Kier alpha value is -0.370. The van der Waals surface area contributed by atoms with E-state index in [1.807, 2.05) is 6.07 Å². The molecule has 5 nitrogen and oxygen atoms in total. The van der Waals surface area contributed by atoms with E-state index in [-0.39, 0.29) is 30.4 Å². The molecule has 2 heterocycles. The van der Waals surface area contributed by atoms with Crippen molar-refractivity contribution in [2.24, 2.45) is 0 Å². The van der Waals surface area contributed by atoms with E-state index in [0.717, 1.165) is 59.5 Å². The molecule has 1 aliphatic heterocycles. The molecule has 154 valence electrons. The molecule has 3 rings (SSSR count). The molecule has 0 radical (unpaired) electrons.